The van der Waals surface area contributed by atoms with Gasteiger partial charge >= 0.3 is 5.97 Å². The Bertz CT molecular complexity index is 1150. The molecule has 1 N–H and O–H groups in total. The number of Topliss-reactive ketones (excluding diaryl/α,β-unsaturated/α-hetero) is 1. The van der Waals surface area contributed by atoms with E-state index < -0.39 is 23.5 Å². The normalized spacial score (nSPS) is 30.0. The van der Waals surface area contributed by atoms with Crippen LogP contribution in [0.5, 0.6) is 0 Å². The lowest BCUT2D eigenvalue weighted by atomic mass is 9.96. The third-order valence-corrected chi connectivity index (χ3v) is 8.32. The standard InChI is InChI=1S/C32H42N2O6/c1-4-6-14-25-17-29(36)39-15-9-7-8-11-23-12-10-13-24(16-23)21-40-27-18-28(34(20-27)31(25)38)30(37)33-32(22(3)35)19-26(32)5-2/h5,8,10-13,16,25-28H,2,4,6-7,9,14-15,17-21H2,1,3H3,(H,33,37)/b11-8+/t25-,26-,27-,28+,32+/m1/s1. The Morgan fingerprint density at radius 2 is 2.10 bits per heavy atom. The first-order valence-electron chi connectivity index (χ1n) is 14.6. The van der Waals surface area contributed by atoms with Crippen LogP contribution in [0.4, 0.5) is 0 Å². The zero-order valence-electron chi connectivity index (χ0n) is 23.7. The molecule has 0 radical (unpaired) electrons. The van der Waals surface area contributed by atoms with Crippen LogP contribution in [-0.4, -0.2) is 59.3 Å². The van der Waals surface area contributed by atoms with Crippen LogP contribution in [0, 0.1) is 11.8 Å². The van der Waals surface area contributed by atoms with Gasteiger partial charge in [-0.1, -0.05) is 56.2 Å². The molecule has 216 valence electrons. The highest BCUT2D eigenvalue weighted by atomic mass is 16.5. The second-order valence-corrected chi connectivity index (χ2v) is 11.3. The molecule has 4 bridgehead atoms. The molecule has 2 heterocycles. The molecule has 8 heteroatoms. The molecule has 8 nitrogen and oxygen atoms in total. The van der Waals surface area contributed by atoms with E-state index in [2.05, 4.69) is 24.0 Å². The number of benzene rings is 1. The van der Waals surface area contributed by atoms with Gasteiger partial charge in [-0.15, -0.1) is 6.58 Å². The number of fused-ring (bicyclic) bond motifs is 4. The first-order chi connectivity index (χ1) is 19.3. The number of carbonyl (C=O) groups is 4. The Morgan fingerprint density at radius 1 is 1.27 bits per heavy atom. The lowest BCUT2D eigenvalue weighted by Gasteiger charge is -2.29. The van der Waals surface area contributed by atoms with E-state index in [9.17, 15) is 19.2 Å². The van der Waals surface area contributed by atoms with Gasteiger partial charge in [0.25, 0.3) is 0 Å². The minimum Gasteiger partial charge on any atom is -0.466 e. The quantitative estimate of drug-likeness (QED) is 0.400. The largest absolute Gasteiger partial charge is 0.466 e. The summed E-state index contributed by atoms with van der Waals surface area (Å²) in [7, 11) is 0. The SMILES string of the molecule is C=C[C@@H]1C[C@]1(NC(=O)[C@@H]1C[C@@H]2CN1C(=O)[C@H](CCCC)CC(=O)OCCC/C=C/c1cccc(c1)CO2)C(C)=O. The monoisotopic (exact) mass is 550 g/mol. The maximum Gasteiger partial charge on any atom is 0.306 e. The predicted octanol–water partition coefficient (Wildman–Crippen LogP) is 4.37. The van der Waals surface area contributed by atoms with Gasteiger partial charge in [-0.3, -0.25) is 19.2 Å². The zero-order chi connectivity index (χ0) is 28.7. The summed E-state index contributed by atoms with van der Waals surface area (Å²) in [4.78, 5) is 54.3. The summed E-state index contributed by atoms with van der Waals surface area (Å²) in [6, 6.07) is 7.25. The fourth-order valence-corrected chi connectivity index (χ4v) is 5.79. The molecule has 1 aromatic carbocycles. The number of hydrogen-bond acceptors (Lipinski definition) is 6. The molecule has 1 saturated heterocycles. The van der Waals surface area contributed by atoms with E-state index in [-0.39, 0.29) is 42.6 Å². The van der Waals surface area contributed by atoms with Gasteiger partial charge in [0, 0.05) is 24.8 Å². The number of allylic oxidation sites excluding steroid dienone is 1. The van der Waals surface area contributed by atoms with Crippen molar-refractivity contribution >= 4 is 29.6 Å². The fraction of sp³-hybridized carbons (Fsp3) is 0.562. The van der Waals surface area contributed by atoms with E-state index in [1.165, 1.54) is 6.92 Å². The number of hydrogen-bond donors (Lipinski definition) is 1. The minimum atomic E-state index is -0.960. The number of unbranched alkanes of at least 4 members (excludes halogenated alkanes) is 1. The molecule has 0 spiro atoms. The summed E-state index contributed by atoms with van der Waals surface area (Å²) in [5.74, 6) is -1.83. The number of nitrogens with one attached hydrogen (secondary N) is 1. The van der Waals surface area contributed by atoms with E-state index in [1.54, 1.807) is 11.0 Å². The molecule has 0 aromatic heterocycles. The highest BCUT2D eigenvalue weighted by molar-refractivity contribution is 5.98. The molecule has 1 saturated carbocycles. The highest BCUT2D eigenvalue weighted by Gasteiger charge is 2.58. The van der Waals surface area contributed by atoms with E-state index >= 15 is 0 Å². The molecule has 3 aliphatic rings. The van der Waals surface area contributed by atoms with Crippen LogP contribution in [0.25, 0.3) is 6.08 Å². The van der Waals surface area contributed by atoms with Crippen molar-refractivity contribution < 1.29 is 28.7 Å². The molecule has 1 aliphatic carbocycles. The van der Waals surface area contributed by atoms with E-state index in [0.29, 0.717) is 38.9 Å². The number of esters is 1. The van der Waals surface area contributed by atoms with Crippen LogP contribution in [0.15, 0.2) is 43.0 Å². The second-order valence-electron chi connectivity index (χ2n) is 11.3. The van der Waals surface area contributed by atoms with Gasteiger partial charge in [-0.05, 0) is 49.8 Å². The Morgan fingerprint density at radius 3 is 2.83 bits per heavy atom. The fourth-order valence-electron chi connectivity index (χ4n) is 5.79. The maximum atomic E-state index is 13.9. The van der Waals surface area contributed by atoms with Gasteiger partial charge in [0.2, 0.25) is 11.8 Å². The first kappa shape index (κ1) is 29.7. The van der Waals surface area contributed by atoms with Crippen LogP contribution in [0.1, 0.15) is 76.3 Å². The lowest BCUT2D eigenvalue weighted by Crippen LogP contribution is -2.53. The topological polar surface area (TPSA) is 102 Å². The predicted molar refractivity (Wildman–Crippen MR) is 152 cm³/mol. The summed E-state index contributed by atoms with van der Waals surface area (Å²) < 4.78 is 11.7. The molecule has 0 unspecified atom stereocenters. The van der Waals surface area contributed by atoms with Crippen molar-refractivity contribution in [3.63, 3.8) is 0 Å². The zero-order valence-corrected chi connectivity index (χ0v) is 23.7. The van der Waals surface area contributed by atoms with Crippen molar-refractivity contribution in [3.8, 4) is 0 Å². The van der Waals surface area contributed by atoms with Gasteiger partial charge in [-0.2, -0.15) is 0 Å². The van der Waals surface area contributed by atoms with E-state index in [1.807, 2.05) is 31.2 Å². The third-order valence-electron chi connectivity index (χ3n) is 8.32. The van der Waals surface area contributed by atoms with Crippen LogP contribution in [0.3, 0.4) is 0 Å². The highest BCUT2D eigenvalue weighted by Crippen LogP contribution is 2.45. The molecular weight excluding hydrogens is 508 g/mol. The Hall–Kier alpha value is -3.26. The Kier molecular flexibility index (Phi) is 9.95. The molecule has 40 heavy (non-hydrogen) atoms. The third kappa shape index (κ3) is 7.08. The number of carbonyl (C=O) groups excluding carboxylic acids is 4. The number of nitrogens with zero attached hydrogens (tertiary/aromatic N) is 1. The number of ether oxygens (including phenoxy) is 2. The van der Waals surface area contributed by atoms with Crippen LogP contribution in [-0.2, 0) is 35.3 Å². The van der Waals surface area contributed by atoms with E-state index in [0.717, 1.165) is 30.4 Å². The first-order valence-corrected chi connectivity index (χ1v) is 14.6. The Balaban J connectivity index is 1.59. The molecule has 2 fully saturated rings. The molecule has 2 amide bonds. The molecular formula is C32H42N2O6. The molecule has 1 aromatic rings. The summed E-state index contributed by atoms with van der Waals surface area (Å²) in [5.41, 5.74) is 1.10. The van der Waals surface area contributed by atoms with Crippen molar-refractivity contribution in [1.82, 2.24) is 10.2 Å². The lowest BCUT2D eigenvalue weighted by molar-refractivity contribution is -0.150. The summed E-state index contributed by atoms with van der Waals surface area (Å²) >= 11 is 0. The van der Waals surface area contributed by atoms with Crippen molar-refractivity contribution in [2.75, 3.05) is 13.2 Å². The van der Waals surface area contributed by atoms with Crippen molar-refractivity contribution in [2.45, 2.75) is 89.5 Å². The molecule has 5 atom stereocenters. The van der Waals surface area contributed by atoms with Crippen molar-refractivity contribution in [1.29, 1.82) is 0 Å². The maximum absolute atomic E-state index is 13.9. The molecule has 4 rings (SSSR count). The van der Waals surface area contributed by atoms with Gasteiger partial charge in [0.15, 0.2) is 5.78 Å². The number of amides is 2. The van der Waals surface area contributed by atoms with Crippen LogP contribution < -0.4 is 5.32 Å². The Labute approximate surface area is 237 Å². The number of cyclic esters (lactones) is 1. The van der Waals surface area contributed by atoms with Gasteiger partial charge in [0.1, 0.15) is 11.6 Å². The average molecular weight is 551 g/mol. The van der Waals surface area contributed by atoms with Crippen LogP contribution >= 0.6 is 0 Å². The van der Waals surface area contributed by atoms with Crippen LogP contribution in [0.2, 0.25) is 0 Å². The minimum absolute atomic E-state index is 0.0223. The summed E-state index contributed by atoms with van der Waals surface area (Å²) in [6.45, 7) is 8.19. The van der Waals surface area contributed by atoms with Gasteiger partial charge in [0.05, 0.1) is 25.7 Å². The van der Waals surface area contributed by atoms with Gasteiger partial charge < -0.3 is 19.7 Å². The average Bonchev–Trinajstić information content (AvgIpc) is 3.49. The number of rotatable bonds is 7. The summed E-state index contributed by atoms with van der Waals surface area (Å²) in [6.07, 6.45) is 9.90. The van der Waals surface area contributed by atoms with E-state index in [4.69, 9.17) is 9.47 Å². The van der Waals surface area contributed by atoms with Crippen molar-refractivity contribution in [3.05, 3.63) is 54.1 Å². The summed E-state index contributed by atoms with van der Waals surface area (Å²) in [5, 5.41) is 2.95. The van der Waals surface area contributed by atoms with Crippen molar-refractivity contribution in [2.24, 2.45) is 11.8 Å². The van der Waals surface area contributed by atoms with Gasteiger partial charge in [-0.25, -0.2) is 0 Å². The number of ketones is 1. The molecule has 2 aliphatic heterocycles. The second kappa shape index (κ2) is 13.4. The smallest absolute Gasteiger partial charge is 0.306 e.